The first kappa shape index (κ1) is 9.50. The normalized spacial score (nSPS) is 23.9. The molecule has 1 aliphatic heterocycles. The lowest BCUT2D eigenvalue weighted by molar-refractivity contribution is -0.208. The molecule has 0 amide bonds. The van der Waals surface area contributed by atoms with E-state index in [-0.39, 0.29) is 10.8 Å². The van der Waals surface area contributed by atoms with Gasteiger partial charge in [0.25, 0.3) is 0 Å². The predicted molar refractivity (Wildman–Crippen MR) is 44.3 cm³/mol. The molecule has 0 spiro atoms. The molecule has 1 N–H and O–H groups in total. The Morgan fingerprint density at radius 1 is 1.50 bits per heavy atom. The molecule has 1 rings (SSSR count). The van der Waals surface area contributed by atoms with E-state index in [2.05, 4.69) is 0 Å². The van der Waals surface area contributed by atoms with E-state index in [4.69, 9.17) is 10.00 Å². The van der Waals surface area contributed by atoms with E-state index in [0.29, 0.717) is 13.2 Å². The van der Waals surface area contributed by atoms with Crippen LogP contribution in [0.1, 0.15) is 20.8 Å². The first-order valence-corrected chi connectivity index (χ1v) is 4.09. The summed E-state index contributed by atoms with van der Waals surface area (Å²) in [6, 6.07) is 1.89. The fourth-order valence-corrected chi connectivity index (χ4v) is 1.45. The molecular formula is C9H15NO2. The molecule has 0 aromatic carbocycles. The zero-order valence-corrected chi connectivity index (χ0v) is 7.79. The van der Waals surface area contributed by atoms with Gasteiger partial charge in [-0.05, 0) is 5.41 Å². The highest BCUT2D eigenvalue weighted by molar-refractivity contribution is 5.07. The quantitative estimate of drug-likeness (QED) is 0.594. The molecule has 0 aromatic rings. The van der Waals surface area contributed by atoms with Gasteiger partial charge < -0.3 is 9.84 Å². The van der Waals surface area contributed by atoms with Crippen molar-refractivity contribution in [2.75, 3.05) is 13.2 Å². The number of hydrogen-bond acceptors (Lipinski definition) is 3. The second-order valence-corrected chi connectivity index (χ2v) is 4.43. The molecule has 68 valence electrons. The summed E-state index contributed by atoms with van der Waals surface area (Å²) in [7, 11) is 0. The molecular weight excluding hydrogens is 154 g/mol. The van der Waals surface area contributed by atoms with Crippen LogP contribution in [0.2, 0.25) is 0 Å². The van der Waals surface area contributed by atoms with Crippen LogP contribution in [-0.2, 0) is 4.74 Å². The monoisotopic (exact) mass is 169 g/mol. The zero-order chi connectivity index (χ0) is 9.41. The SMILES string of the molecule is CC(C)(C)C1(C(O)C#N)COC1. The van der Waals surface area contributed by atoms with Gasteiger partial charge in [-0.1, -0.05) is 20.8 Å². The van der Waals surface area contributed by atoms with Gasteiger partial charge in [0.05, 0.1) is 24.7 Å². The van der Waals surface area contributed by atoms with Crippen LogP contribution >= 0.6 is 0 Å². The summed E-state index contributed by atoms with van der Waals surface area (Å²) >= 11 is 0. The molecule has 0 aromatic heterocycles. The Hall–Kier alpha value is -0.590. The van der Waals surface area contributed by atoms with E-state index >= 15 is 0 Å². The van der Waals surface area contributed by atoms with Crippen molar-refractivity contribution in [3.63, 3.8) is 0 Å². The molecule has 1 fully saturated rings. The minimum Gasteiger partial charge on any atom is -0.380 e. The summed E-state index contributed by atoms with van der Waals surface area (Å²) in [5.74, 6) is 0. The molecule has 1 aliphatic rings. The smallest absolute Gasteiger partial charge is 0.151 e. The molecule has 1 saturated heterocycles. The second-order valence-electron chi connectivity index (χ2n) is 4.43. The van der Waals surface area contributed by atoms with E-state index in [9.17, 15) is 5.11 Å². The van der Waals surface area contributed by atoms with E-state index in [1.165, 1.54) is 0 Å². The molecule has 0 saturated carbocycles. The first-order valence-electron chi connectivity index (χ1n) is 4.09. The lowest BCUT2D eigenvalue weighted by Gasteiger charge is -2.51. The third kappa shape index (κ3) is 1.12. The number of rotatable bonds is 1. The van der Waals surface area contributed by atoms with E-state index < -0.39 is 6.10 Å². The molecule has 0 aliphatic carbocycles. The molecule has 1 heterocycles. The standard InChI is InChI=1S/C9H15NO2/c1-8(2,3)9(5-12-6-9)7(11)4-10/h7,11H,5-6H2,1-3H3. The number of nitriles is 1. The summed E-state index contributed by atoms with van der Waals surface area (Å²) in [4.78, 5) is 0. The van der Waals surface area contributed by atoms with Crippen molar-refractivity contribution in [2.45, 2.75) is 26.9 Å². The van der Waals surface area contributed by atoms with Gasteiger partial charge in [0.1, 0.15) is 0 Å². The van der Waals surface area contributed by atoms with E-state index in [1.807, 2.05) is 26.8 Å². The van der Waals surface area contributed by atoms with Crippen molar-refractivity contribution in [1.29, 1.82) is 5.26 Å². The van der Waals surface area contributed by atoms with Crippen LogP contribution in [0, 0.1) is 22.2 Å². The van der Waals surface area contributed by atoms with Crippen LogP contribution in [0.5, 0.6) is 0 Å². The van der Waals surface area contributed by atoms with E-state index in [0.717, 1.165) is 0 Å². The van der Waals surface area contributed by atoms with Gasteiger partial charge in [0.15, 0.2) is 6.10 Å². The molecule has 12 heavy (non-hydrogen) atoms. The number of hydrogen-bond donors (Lipinski definition) is 1. The summed E-state index contributed by atoms with van der Waals surface area (Å²) in [5.41, 5.74) is -0.442. The van der Waals surface area contributed by atoms with Crippen LogP contribution < -0.4 is 0 Å². The third-order valence-corrected chi connectivity index (χ3v) is 2.86. The van der Waals surface area contributed by atoms with Crippen LogP contribution in [0.4, 0.5) is 0 Å². The Balaban J connectivity index is 2.85. The van der Waals surface area contributed by atoms with Crippen LogP contribution in [0.25, 0.3) is 0 Å². The minimum absolute atomic E-state index is 0.0829. The second kappa shape index (κ2) is 2.72. The van der Waals surface area contributed by atoms with Crippen molar-refractivity contribution < 1.29 is 9.84 Å². The average Bonchev–Trinajstić information content (AvgIpc) is 1.81. The number of aliphatic hydroxyl groups excluding tert-OH is 1. The van der Waals surface area contributed by atoms with Crippen LogP contribution in [0.15, 0.2) is 0 Å². The summed E-state index contributed by atoms with van der Waals surface area (Å²) < 4.78 is 5.08. The van der Waals surface area contributed by atoms with Gasteiger partial charge in [0, 0.05) is 0 Å². The van der Waals surface area contributed by atoms with Crippen molar-refractivity contribution in [3.8, 4) is 6.07 Å². The third-order valence-electron chi connectivity index (χ3n) is 2.86. The highest BCUT2D eigenvalue weighted by Gasteiger charge is 2.53. The van der Waals surface area contributed by atoms with Crippen molar-refractivity contribution in [1.82, 2.24) is 0 Å². The molecule has 1 atom stereocenters. The highest BCUT2D eigenvalue weighted by atomic mass is 16.5. The van der Waals surface area contributed by atoms with Gasteiger partial charge in [-0.3, -0.25) is 0 Å². The maximum absolute atomic E-state index is 9.52. The summed E-state index contributed by atoms with van der Waals surface area (Å²) in [6.07, 6.45) is -0.911. The largest absolute Gasteiger partial charge is 0.380 e. The molecule has 1 unspecified atom stereocenters. The maximum Gasteiger partial charge on any atom is 0.151 e. The Bertz CT molecular complexity index is 208. The van der Waals surface area contributed by atoms with Gasteiger partial charge >= 0.3 is 0 Å². The van der Waals surface area contributed by atoms with Crippen molar-refractivity contribution >= 4 is 0 Å². The van der Waals surface area contributed by atoms with Crippen LogP contribution in [-0.4, -0.2) is 24.4 Å². The summed E-state index contributed by atoms with van der Waals surface area (Å²) in [5, 5.41) is 18.2. The average molecular weight is 169 g/mol. The Labute approximate surface area is 73.0 Å². The highest BCUT2D eigenvalue weighted by Crippen LogP contribution is 2.47. The van der Waals surface area contributed by atoms with E-state index in [1.54, 1.807) is 0 Å². The predicted octanol–water partition coefficient (Wildman–Crippen LogP) is 0.934. The van der Waals surface area contributed by atoms with Gasteiger partial charge in [-0.25, -0.2) is 0 Å². The Kier molecular flexibility index (Phi) is 2.15. The molecule has 3 heteroatoms. The lowest BCUT2D eigenvalue weighted by atomic mass is 9.62. The van der Waals surface area contributed by atoms with Crippen molar-refractivity contribution in [3.05, 3.63) is 0 Å². The first-order chi connectivity index (χ1) is 5.44. The Morgan fingerprint density at radius 2 is 2.00 bits per heavy atom. The fraction of sp³-hybridized carbons (Fsp3) is 0.889. The summed E-state index contributed by atoms with van der Waals surface area (Å²) in [6.45, 7) is 7.05. The maximum atomic E-state index is 9.52. The van der Waals surface area contributed by atoms with Gasteiger partial charge in [-0.15, -0.1) is 0 Å². The minimum atomic E-state index is -0.911. The lowest BCUT2D eigenvalue weighted by Crippen LogP contribution is -2.58. The zero-order valence-electron chi connectivity index (χ0n) is 7.79. The van der Waals surface area contributed by atoms with Gasteiger partial charge in [-0.2, -0.15) is 5.26 Å². The number of nitrogens with zero attached hydrogens (tertiary/aromatic N) is 1. The molecule has 0 radical (unpaired) electrons. The topological polar surface area (TPSA) is 53.2 Å². The fourth-order valence-electron chi connectivity index (χ4n) is 1.45. The van der Waals surface area contributed by atoms with Crippen LogP contribution in [0.3, 0.4) is 0 Å². The Morgan fingerprint density at radius 3 is 2.08 bits per heavy atom. The van der Waals surface area contributed by atoms with Gasteiger partial charge in [0.2, 0.25) is 0 Å². The molecule has 0 bridgehead atoms. The van der Waals surface area contributed by atoms with Crippen molar-refractivity contribution in [2.24, 2.45) is 10.8 Å². The molecule has 3 nitrogen and oxygen atoms in total. The number of ether oxygens (including phenoxy) is 1. The number of aliphatic hydroxyl groups is 1.